The van der Waals surface area contributed by atoms with E-state index >= 15 is 0 Å². The number of hydrogen-bond acceptors (Lipinski definition) is 7. The van der Waals surface area contributed by atoms with Crippen LogP contribution in [-0.4, -0.2) is 54.5 Å². The van der Waals surface area contributed by atoms with Gasteiger partial charge >= 0.3 is 12.1 Å². The predicted octanol–water partition coefficient (Wildman–Crippen LogP) is 6.25. The van der Waals surface area contributed by atoms with Crippen LogP contribution in [0.1, 0.15) is 45.8 Å². The highest BCUT2D eigenvalue weighted by Gasteiger charge is 2.39. The van der Waals surface area contributed by atoms with Gasteiger partial charge in [0.2, 0.25) is 0 Å². The summed E-state index contributed by atoms with van der Waals surface area (Å²) in [6.07, 6.45) is -1.14. The number of hydrogen-bond donors (Lipinski definition) is 0. The average Bonchev–Trinajstić information content (AvgIpc) is 3.24. The summed E-state index contributed by atoms with van der Waals surface area (Å²) >= 11 is 13.9. The third kappa shape index (κ3) is 7.48. The van der Waals surface area contributed by atoms with E-state index in [-0.39, 0.29) is 11.5 Å². The molecule has 1 fully saturated rings. The summed E-state index contributed by atoms with van der Waals surface area (Å²) in [4.78, 5) is 27.3. The number of benzene rings is 1. The Balaban J connectivity index is 2.36. The summed E-state index contributed by atoms with van der Waals surface area (Å²) in [6, 6.07) is 4.43. The van der Waals surface area contributed by atoms with Gasteiger partial charge in [0.15, 0.2) is 11.5 Å². The van der Waals surface area contributed by atoms with E-state index in [4.69, 9.17) is 42.1 Å². The van der Waals surface area contributed by atoms with Gasteiger partial charge in [-0.3, -0.25) is 4.90 Å². The minimum atomic E-state index is -0.786. The van der Waals surface area contributed by atoms with Crippen LogP contribution in [-0.2, 0) is 14.3 Å². The molecule has 1 heterocycles. The molecular formula is C24H31Cl2NO6S. The van der Waals surface area contributed by atoms with Crippen LogP contribution in [0.3, 0.4) is 0 Å². The van der Waals surface area contributed by atoms with Crippen molar-refractivity contribution >= 4 is 47.0 Å². The fourth-order valence-electron chi connectivity index (χ4n) is 3.26. The molecule has 1 aliphatic heterocycles. The zero-order valence-electron chi connectivity index (χ0n) is 20.3. The van der Waals surface area contributed by atoms with Crippen LogP contribution >= 0.6 is 35.0 Å². The molecule has 0 N–H and O–H groups in total. The summed E-state index contributed by atoms with van der Waals surface area (Å²) < 4.78 is 22.1. The Labute approximate surface area is 215 Å². The Bertz CT molecular complexity index is 955. The SMILES string of the molecule is C=C(Cl)/C(C[C@H](OC(=O)[C@@H]1CSCN1C(=O)OC(C)(C)C)c1ccc(OC)c(OC)c1)=C(\C)Cl. The van der Waals surface area contributed by atoms with Crippen molar-refractivity contribution in [1.29, 1.82) is 0 Å². The van der Waals surface area contributed by atoms with E-state index in [9.17, 15) is 9.59 Å². The second-order valence-electron chi connectivity index (χ2n) is 8.63. The zero-order valence-corrected chi connectivity index (χ0v) is 22.6. The number of thioether (sulfide) groups is 1. The molecule has 34 heavy (non-hydrogen) atoms. The Hall–Kier alpha value is -2.03. The second-order valence-corrected chi connectivity index (χ2v) is 10.6. The maximum absolute atomic E-state index is 13.3. The molecule has 1 saturated heterocycles. The molecule has 0 aromatic heterocycles. The molecular weight excluding hydrogens is 501 g/mol. The van der Waals surface area contributed by atoms with Crippen molar-refractivity contribution in [1.82, 2.24) is 4.90 Å². The van der Waals surface area contributed by atoms with Gasteiger partial charge in [0.1, 0.15) is 17.7 Å². The van der Waals surface area contributed by atoms with Crippen molar-refractivity contribution in [2.45, 2.75) is 51.9 Å². The normalized spacial score (nSPS) is 17.5. The number of halogens is 2. The van der Waals surface area contributed by atoms with E-state index in [0.717, 1.165) is 0 Å². The quantitative estimate of drug-likeness (QED) is 0.289. The van der Waals surface area contributed by atoms with Gasteiger partial charge in [0.25, 0.3) is 0 Å². The molecule has 0 saturated carbocycles. The number of allylic oxidation sites excluding steroid dienone is 2. The van der Waals surface area contributed by atoms with E-state index in [0.29, 0.717) is 39.3 Å². The number of esters is 1. The Morgan fingerprint density at radius 2 is 1.85 bits per heavy atom. The standard InChI is InChI=1S/C24H31Cl2NO6S/c1-14(25)17(15(2)26)11-20(16-8-9-19(30-6)21(10-16)31-7)32-22(28)18-12-34-13-27(18)23(29)33-24(3,4)5/h8-10,18,20H,1,11-13H2,2-7H3/b17-15+/t18-,20-/m0/s1. The maximum atomic E-state index is 13.3. The highest BCUT2D eigenvalue weighted by Crippen LogP contribution is 2.37. The van der Waals surface area contributed by atoms with Crippen LogP contribution in [0.15, 0.2) is 40.4 Å². The lowest BCUT2D eigenvalue weighted by atomic mass is 10.00. The van der Waals surface area contributed by atoms with E-state index in [1.54, 1.807) is 45.9 Å². The maximum Gasteiger partial charge on any atom is 0.411 e. The predicted molar refractivity (Wildman–Crippen MR) is 136 cm³/mol. The zero-order chi connectivity index (χ0) is 25.6. The third-order valence-corrected chi connectivity index (χ3v) is 6.42. The molecule has 0 radical (unpaired) electrons. The van der Waals surface area contributed by atoms with Crippen molar-refractivity contribution < 1.29 is 28.5 Å². The van der Waals surface area contributed by atoms with Crippen molar-refractivity contribution in [2.24, 2.45) is 0 Å². The van der Waals surface area contributed by atoms with Crippen LogP contribution < -0.4 is 9.47 Å². The molecule has 1 aliphatic rings. The molecule has 1 aromatic rings. The van der Waals surface area contributed by atoms with Gasteiger partial charge < -0.3 is 18.9 Å². The molecule has 0 unspecified atom stereocenters. The van der Waals surface area contributed by atoms with Crippen molar-refractivity contribution in [3.63, 3.8) is 0 Å². The van der Waals surface area contributed by atoms with Crippen LogP contribution in [0.4, 0.5) is 4.79 Å². The summed E-state index contributed by atoms with van der Waals surface area (Å²) in [5, 5.41) is 0.689. The first kappa shape index (κ1) is 28.2. The first-order chi connectivity index (χ1) is 15.9. The van der Waals surface area contributed by atoms with E-state index in [1.165, 1.54) is 30.9 Å². The molecule has 188 valence electrons. The van der Waals surface area contributed by atoms with Crippen LogP contribution in [0, 0.1) is 0 Å². The Morgan fingerprint density at radius 1 is 1.21 bits per heavy atom. The minimum Gasteiger partial charge on any atom is -0.493 e. The molecule has 2 rings (SSSR count). The molecule has 10 heteroatoms. The Morgan fingerprint density at radius 3 is 2.38 bits per heavy atom. The van der Waals surface area contributed by atoms with Gasteiger partial charge in [-0.05, 0) is 51.0 Å². The lowest BCUT2D eigenvalue weighted by Crippen LogP contribution is -2.45. The van der Waals surface area contributed by atoms with Crippen molar-refractivity contribution in [2.75, 3.05) is 25.8 Å². The van der Waals surface area contributed by atoms with Gasteiger partial charge in [-0.2, -0.15) is 0 Å². The first-order valence-electron chi connectivity index (χ1n) is 10.6. The molecule has 0 spiro atoms. The Kier molecular flexibility index (Phi) is 10.0. The monoisotopic (exact) mass is 531 g/mol. The lowest BCUT2D eigenvalue weighted by Gasteiger charge is -2.28. The first-order valence-corrected chi connectivity index (χ1v) is 12.5. The van der Waals surface area contributed by atoms with E-state index < -0.39 is 29.8 Å². The number of methoxy groups -OCH3 is 2. The molecule has 1 aromatic carbocycles. The number of amides is 1. The smallest absolute Gasteiger partial charge is 0.411 e. The summed E-state index contributed by atoms with van der Waals surface area (Å²) in [5.41, 5.74) is 0.522. The summed E-state index contributed by atoms with van der Waals surface area (Å²) in [5.74, 6) is 1.19. The van der Waals surface area contributed by atoms with Crippen LogP contribution in [0.25, 0.3) is 0 Å². The van der Waals surface area contributed by atoms with E-state index in [2.05, 4.69) is 6.58 Å². The highest BCUT2D eigenvalue weighted by atomic mass is 35.5. The van der Waals surface area contributed by atoms with Gasteiger partial charge in [0.05, 0.1) is 20.1 Å². The van der Waals surface area contributed by atoms with Crippen LogP contribution in [0.5, 0.6) is 11.5 Å². The van der Waals surface area contributed by atoms with Gasteiger partial charge in [-0.15, -0.1) is 11.8 Å². The molecule has 2 atom stereocenters. The van der Waals surface area contributed by atoms with Gasteiger partial charge in [0, 0.05) is 22.2 Å². The fraction of sp³-hybridized carbons (Fsp3) is 0.500. The van der Waals surface area contributed by atoms with Crippen molar-refractivity contribution in [3.8, 4) is 11.5 Å². The fourth-order valence-corrected chi connectivity index (χ4v) is 4.85. The van der Waals surface area contributed by atoms with Crippen molar-refractivity contribution in [3.05, 3.63) is 46.0 Å². The topological polar surface area (TPSA) is 74.3 Å². The molecule has 0 bridgehead atoms. The van der Waals surface area contributed by atoms with Crippen LogP contribution in [0.2, 0.25) is 0 Å². The average molecular weight is 532 g/mol. The number of ether oxygens (including phenoxy) is 4. The third-order valence-electron chi connectivity index (χ3n) is 4.95. The highest BCUT2D eigenvalue weighted by molar-refractivity contribution is 7.99. The minimum absolute atomic E-state index is 0.186. The number of carbonyl (C=O) groups is 2. The number of nitrogens with zero attached hydrogens (tertiary/aromatic N) is 1. The molecule has 1 amide bonds. The lowest BCUT2D eigenvalue weighted by molar-refractivity contribution is -0.154. The van der Waals surface area contributed by atoms with Gasteiger partial charge in [-0.1, -0.05) is 35.8 Å². The molecule has 0 aliphatic carbocycles. The molecule has 7 nitrogen and oxygen atoms in total. The summed E-state index contributed by atoms with van der Waals surface area (Å²) in [7, 11) is 3.05. The second kappa shape index (κ2) is 12.1. The van der Waals surface area contributed by atoms with E-state index in [1.807, 2.05) is 0 Å². The number of carbonyl (C=O) groups excluding carboxylic acids is 2. The van der Waals surface area contributed by atoms with Gasteiger partial charge in [-0.25, -0.2) is 9.59 Å². The number of rotatable bonds is 8. The summed E-state index contributed by atoms with van der Waals surface area (Å²) in [6.45, 7) is 10.8. The largest absolute Gasteiger partial charge is 0.493 e.